The highest BCUT2D eigenvalue weighted by molar-refractivity contribution is 5.80. The molecule has 3 rings (SSSR count). The first-order chi connectivity index (χ1) is 8.77. The van der Waals surface area contributed by atoms with Gasteiger partial charge in [-0.15, -0.1) is 0 Å². The minimum absolute atomic E-state index is 0.321. The van der Waals surface area contributed by atoms with Crippen molar-refractivity contribution in [2.24, 2.45) is 0 Å². The van der Waals surface area contributed by atoms with Crippen LogP contribution in [0.2, 0.25) is 0 Å². The van der Waals surface area contributed by atoms with E-state index in [1.807, 2.05) is 18.2 Å². The van der Waals surface area contributed by atoms with E-state index in [4.69, 9.17) is 0 Å². The molecule has 1 aliphatic heterocycles. The monoisotopic (exact) mass is 245 g/mol. The molecule has 1 atom stereocenters. The first kappa shape index (κ1) is 11.6. The van der Waals surface area contributed by atoms with E-state index in [9.17, 15) is 9.90 Å². The summed E-state index contributed by atoms with van der Waals surface area (Å²) in [6.45, 7) is 0.888. The van der Waals surface area contributed by atoms with E-state index in [1.54, 1.807) is 0 Å². The molecule has 1 unspecified atom stereocenters. The number of carboxylic acids is 1. The van der Waals surface area contributed by atoms with Crippen molar-refractivity contribution in [3.63, 3.8) is 0 Å². The van der Waals surface area contributed by atoms with Gasteiger partial charge in [0.2, 0.25) is 0 Å². The molecule has 0 saturated heterocycles. The summed E-state index contributed by atoms with van der Waals surface area (Å²) in [6.07, 6.45) is 5.87. The predicted octanol–water partition coefficient (Wildman–Crippen LogP) is 3.01. The number of anilines is 1. The number of nitrogens with zero attached hydrogens (tertiary/aromatic N) is 1. The number of hydrogen-bond acceptors (Lipinski definition) is 2. The Morgan fingerprint density at radius 3 is 2.61 bits per heavy atom. The summed E-state index contributed by atoms with van der Waals surface area (Å²) in [4.78, 5) is 13.8. The Morgan fingerprint density at radius 2 is 1.89 bits per heavy atom. The number of carboxylic acid groups (broad SMARTS) is 1. The molecule has 0 radical (unpaired) electrons. The molecule has 1 heterocycles. The highest BCUT2D eigenvalue weighted by Crippen LogP contribution is 2.39. The van der Waals surface area contributed by atoms with Crippen LogP contribution in [-0.2, 0) is 4.79 Å². The number of aliphatic carboxylic acids is 1. The molecule has 1 fully saturated rings. The molecule has 3 nitrogen and oxygen atoms in total. The summed E-state index contributed by atoms with van der Waals surface area (Å²) in [5.41, 5.74) is 2.16. The second-order valence-corrected chi connectivity index (χ2v) is 5.37. The van der Waals surface area contributed by atoms with Gasteiger partial charge in [0.1, 0.15) is 0 Å². The zero-order chi connectivity index (χ0) is 12.5. The molecule has 0 spiro atoms. The van der Waals surface area contributed by atoms with Gasteiger partial charge in [0.25, 0.3) is 0 Å². The largest absolute Gasteiger partial charge is 0.481 e. The van der Waals surface area contributed by atoms with Gasteiger partial charge in [-0.05, 0) is 30.9 Å². The Hall–Kier alpha value is -1.51. The fourth-order valence-electron chi connectivity index (χ4n) is 3.44. The number of carbonyl (C=O) groups is 1. The van der Waals surface area contributed by atoms with Crippen molar-refractivity contribution in [2.75, 3.05) is 11.4 Å². The van der Waals surface area contributed by atoms with E-state index < -0.39 is 5.97 Å². The highest BCUT2D eigenvalue weighted by atomic mass is 16.4. The second kappa shape index (κ2) is 4.63. The Bertz CT molecular complexity index is 452. The van der Waals surface area contributed by atoms with Crippen LogP contribution >= 0.6 is 0 Å². The van der Waals surface area contributed by atoms with Crippen LogP contribution < -0.4 is 4.90 Å². The third-order valence-corrected chi connectivity index (χ3v) is 4.34. The van der Waals surface area contributed by atoms with Crippen LogP contribution in [0.5, 0.6) is 0 Å². The maximum atomic E-state index is 11.3. The van der Waals surface area contributed by atoms with Crippen molar-refractivity contribution in [1.82, 2.24) is 0 Å². The maximum absolute atomic E-state index is 11.3. The lowest BCUT2D eigenvalue weighted by molar-refractivity contribution is -0.139. The van der Waals surface area contributed by atoms with Crippen LogP contribution in [0.4, 0.5) is 5.69 Å². The number of benzene rings is 1. The lowest BCUT2D eigenvalue weighted by Gasteiger charge is -2.38. The van der Waals surface area contributed by atoms with Gasteiger partial charge in [-0.25, -0.2) is 0 Å². The molecule has 1 aromatic rings. The Morgan fingerprint density at radius 1 is 1.17 bits per heavy atom. The van der Waals surface area contributed by atoms with Crippen LogP contribution in [0.15, 0.2) is 24.3 Å². The molecule has 1 N–H and O–H groups in total. The van der Waals surface area contributed by atoms with Gasteiger partial charge in [0, 0.05) is 18.3 Å². The summed E-state index contributed by atoms with van der Waals surface area (Å²) in [7, 11) is 0. The molecule has 0 bridgehead atoms. The van der Waals surface area contributed by atoms with Gasteiger partial charge < -0.3 is 10.0 Å². The molecule has 1 saturated carbocycles. The van der Waals surface area contributed by atoms with Crippen molar-refractivity contribution in [2.45, 2.75) is 44.1 Å². The quantitative estimate of drug-likeness (QED) is 0.870. The summed E-state index contributed by atoms with van der Waals surface area (Å²) in [5, 5.41) is 9.32. The smallest absolute Gasteiger partial charge is 0.311 e. The van der Waals surface area contributed by atoms with E-state index in [0.29, 0.717) is 6.04 Å². The van der Waals surface area contributed by atoms with Gasteiger partial charge in [0.05, 0.1) is 5.92 Å². The highest BCUT2D eigenvalue weighted by Gasteiger charge is 2.33. The molecular formula is C15H19NO2. The van der Waals surface area contributed by atoms with Gasteiger partial charge in [-0.2, -0.15) is 0 Å². The number of para-hydroxylation sites is 1. The zero-order valence-electron chi connectivity index (χ0n) is 10.5. The van der Waals surface area contributed by atoms with Crippen molar-refractivity contribution in [3.05, 3.63) is 29.8 Å². The lowest BCUT2D eigenvalue weighted by Crippen LogP contribution is -2.39. The van der Waals surface area contributed by atoms with E-state index in [0.717, 1.165) is 24.2 Å². The van der Waals surface area contributed by atoms with Crippen LogP contribution in [0, 0.1) is 0 Å². The van der Waals surface area contributed by atoms with Crippen LogP contribution in [0.25, 0.3) is 0 Å². The summed E-state index contributed by atoms with van der Waals surface area (Å²) < 4.78 is 0. The minimum atomic E-state index is -0.687. The molecule has 18 heavy (non-hydrogen) atoms. The third kappa shape index (κ3) is 1.88. The van der Waals surface area contributed by atoms with E-state index in [2.05, 4.69) is 11.0 Å². The molecule has 96 valence electrons. The van der Waals surface area contributed by atoms with Crippen molar-refractivity contribution in [3.8, 4) is 0 Å². The number of rotatable bonds is 2. The summed E-state index contributed by atoms with van der Waals surface area (Å²) in [5.74, 6) is -1.01. The average molecular weight is 245 g/mol. The fraction of sp³-hybridized carbons (Fsp3) is 0.533. The Kier molecular flexibility index (Phi) is 2.98. The number of hydrogen-bond donors (Lipinski definition) is 1. The molecule has 3 heteroatoms. The van der Waals surface area contributed by atoms with Gasteiger partial charge >= 0.3 is 5.97 Å². The molecule has 0 aromatic heterocycles. The SMILES string of the molecule is O=C(O)C1CCN(C2CCCC2)c2ccccc21. The van der Waals surface area contributed by atoms with Gasteiger partial charge in [0.15, 0.2) is 0 Å². The maximum Gasteiger partial charge on any atom is 0.311 e. The molecule has 1 aromatic carbocycles. The normalized spacial score (nSPS) is 24.0. The van der Waals surface area contributed by atoms with Gasteiger partial charge in [-0.3, -0.25) is 4.79 Å². The lowest BCUT2D eigenvalue weighted by atomic mass is 9.89. The Labute approximate surface area is 107 Å². The van der Waals surface area contributed by atoms with E-state index >= 15 is 0 Å². The molecule has 1 aliphatic carbocycles. The molecule has 2 aliphatic rings. The summed E-state index contributed by atoms with van der Waals surface area (Å²) in [6, 6.07) is 8.66. The number of fused-ring (bicyclic) bond motifs is 1. The standard InChI is InChI=1S/C15H19NO2/c17-15(18)13-9-10-16(11-5-1-2-6-11)14-8-4-3-7-12(13)14/h3-4,7-8,11,13H,1-2,5-6,9-10H2,(H,17,18). The average Bonchev–Trinajstić information content (AvgIpc) is 2.91. The van der Waals surface area contributed by atoms with Crippen molar-refractivity contribution >= 4 is 11.7 Å². The zero-order valence-corrected chi connectivity index (χ0v) is 10.5. The topological polar surface area (TPSA) is 40.5 Å². The van der Waals surface area contributed by atoms with E-state index in [1.165, 1.54) is 25.7 Å². The van der Waals surface area contributed by atoms with Crippen molar-refractivity contribution < 1.29 is 9.90 Å². The summed E-state index contributed by atoms with van der Waals surface area (Å²) >= 11 is 0. The van der Waals surface area contributed by atoms with Crippen LogP contribution in [-0.4, -0.2) is 23.7 Å². The minimum Gasteiger partial charge on any atom is -0.481 e. The predicted molar refractivity (Wildman–Crippen MR) is 71.0 cm³/mol. The van der Waals surface area contributed by atoms with Gasteiger partial charge in [-0.1, -0.05) is 31.0 Å². The van der Waals surface area contributed by atoms with Crippen LogP contribution in [0.3, 0.4) is 0 Å². The first-order valence-electron chi connectivity index (χ1n) is 6.86. The molecule has 0 amide bonds. The Balaban J connectivity index is 1.96. The second-order valence-electron chi connectivity index (χ2n) is 5.37. The third-order valence-electron chi connectivity index (χ3n) is 4.34. The van der Waals surface area contributed by atoms with Crippen molar-refractivity contribution in [1.29, 1.82) is 0 Å². The first-order valence-corrected chi connectivity index (χ1v) is 6.86. The van der Waals surface area contributed by atoms with E-state index in [-0.39, 0.29) is 5.92 Å². The fourth-order valence-corrected chi connectivity index (χ4v) is 3.44. The van der Waals surface area contributed by atoms with Crippen LogP contribution in [0.1, 0.15) is 43.6 Å². The molecular weight excluding hydrogens is 226 g/mol.